The second-order valence-corrected chi connectivity index (χ2v) is 5.14. The molecular formula is C17H20F2N2O2. The molecule has 0 amide bonds. The highest BCUT2D eigenvalue weighted by molar-refractivity contribution is 5.14. The number of benzene rings is 1. The molecule has 0 bridgehead atoms. The van der Waals surface area contributed by atoms with Crippen molar-refractivity contribution in [3.8, 4) is 0 Å². The summed E-state index contributed by atoms with van der Waals surface area (Å²) in [5.74, 6) is -3.31. The maximum absolute atomic E-state index is 14.4. The predicted octanol–water partition coefficient (Wildman–Crippen LogP) is 2.73. The van der Waals surface area contributed by atoms with Gasteiger partial charge in [0.15, 0.2) is 0 Å². The second kappa shape index (κ2) is 8.10. The lowest BCUT2D eigenvalue weighted by atomic mass is 10.0. The summed E-state index contributed by atoms with van der Waals surface area (Å²) >= 11 is 0. The minimum Gasteiger partial charge on any atom is -0.377 e. The number of hydrogen-bond acceptors (Lipinski definition) is 4. The highest BCUT2D eigenvalue weighted by Crippen LogP contribution is 2.31. The van der Waals surface area contributed by atoms with E-state index in [-0.39, 0.29) is 12.3 Å². The number of hydrogen-bond donors (Lipinski definition) is 1. The van der Waals surface area contributed by atoms with E-state index in [9.17, 15) is 8.78 Å². The molecule has 1 aromatic heterocycles. The molecule has 0 aliphatic heterocycles. The van der Waals surface area contributed by atoms with Crippen LogP contribution in [0.5, 0.6) is 0 Å². The lowest BCUT2D eigenvalue weighted by Gasteiger charge is -2.29. The molecule has 0 aliphatic rings. The van der Waals surface area contributed by atoms with Crippen molar-refractivity contribution in [2.45, 2.75) is 24.7 Å². The minimum absolute atomic E-state index is 0.0328. The van der Waals surface area contributed by atoms with E-state index in [0.717, 1.165) is 5.56 Å². The molecule has 0 spiro atoms. The molecule has 6 heteroatoms. The van der Waals surface area contributed by atoms with Crippen molar-refractivity contribution in [3.05, 3.63) is 66.0 Å². The molecule has 2 N–H and O–H groups in total. The van der Waals surface area contributed by atoms with Gasteiger partial charge in [0.05, 0.1) is 13.2 Å². The minimum atomic E-state index is -3.31. The zero-order chi connectivity index (χ0) is 16.7. The lowest BCUT2D eigenvalue weighted by molar-refractivity contribution is -0.104. The van der Waals surface area contributed by atoms with E-state index in [1.807, 2.05) is 30.3 Å². The Morgan fingerprint density at radius 2 is 1.83 bits per heavy atom. The molecule has 124 valence electrons. The Balaban J connectivity index is 1.96. The summed E-state index contributed by atoms with van der Waals surface area (Å²) in [6.07, 6.45) is 0.361. The van der Waals surface area contributed by atoms with Gasteiger partial charge in [0.2, 0.25) is 0 Å². The van der Waals surface area contributed by atoms with Crippen LogP contribution >= 0.6 is 0 Å². The molecule has 1 heterocycles. The van der Waals surface area contributed by atoms with Crippen LogP contribution < -0.4 is 5.73 Å². The fourth-order valence-electron chi connectivity index (χ4n) is 2.15. The van der Waals surface area contributed by atoms with Crippen molar-refractivity contribution in [2.24, 2.45) is 5.73 Å². The van der Waals surface area contributed by atoms with Crippen LogP contribution in [0.1, 0.15) is 11.3 Å². The predicted molar refractivity (Wildman–Crippen MR) is 83.0 cm³/mol. The first-order valence-electron chi connectivity index (χ1n) is 7.25. The van der Waals surface area contributed by atoms with Gasteiger partial charge >= 0.3 is 5.92 Å². The molecule has 23 heavy (non-hydrogen) atoms. The zero-order valence-corrected chi connectivity index (χ0v) is 12.9. The number of alkyl halides is 2. The molecule has 0 unspecified atom stereocenters. The summed E-state index contributed by atoms with van der Waals surface area (Å²) in [6, 6.07) is 12.2. The van der Waals surface area contributed by atoms with E-state index in [0.29, 0.717) is 6.61 Å². The van der Waals surface area contributed by atoms with E-state index >= 15 is 0 Å². The quantitative estimate of drug-likeness (QED) is 0.812. The third-order valence-corrected chi connectivity index (χ3v) is 3.52. The van der Waals surface area contributed by atoms with Crippen LogP contribution in [0.3, 0.4) is 0 Å². The molecule has 2 atom stereocenters. The molecule has 0 fully saturated rings. The van der Waals surface area contributed by atoms with Gasteiger partial charge in [-0.15, -0.1) is 0 Å². The summed E-state index contributed by atoms with van der Waals surface area (Å²) in [5.41, 5.74) is 6.30. The number of pyridine rings is 1. The third kappa shape index (κ3) is 4.54. The van der Waals surface area contributed by atoms with Crippen molar-refractivity contribution < 1.29 is 18.3 Å². The fraction of sp³-hybridized carbons (Fsp3) is 0.353. The van der Waals surface area contributed by atoms with Crippen molar-refractivity contribution >= 4 is 0 Å². The zero-order valence-electron chi connectivity index (χ0n) is 12.9. The largest absolute Gasteiger partial charge is 0.377 e. The van der Waals surface area contributed by atoms with Gasteiger partial charge in [0, 0.05) is 13.3 Å². The lowest BCUT2D eigenvalue weighted by Crippen LogP contribution is -2.50. The SMILES string of the molecule is CO[C@H](COCc1ccccc1)[C@H](N)C(F)(F)c1ccccn1. The molecule has 0 radical (unpaired) electrons. The van der Waals surface area contributed by atoms with Crippen molar-refractivity contribution in [2.75, 3.05) is 13.7 Å². The van der Waals surface area contributed by atoms with Gasteiger partial charge < -0.3 is 15.2 Å². The van der Waals surface area contributed by atoms with Crippen LogP contribution in [-0.2, 0) is 22.0 Å². The van der Waals surface area contributed by atoms with E-state index in [1.165, 1.54) is 25.4 Å². The Labute approximate surface area is 134 Å². The average molecular weight is 322 g/mol. The van der Waals surface area contributed by atoms with Gasteiger partial charge in [0.25, 0.3) is 0 Å². The summed E-state index contributed by atoms with van der Waals surface area (Å²) in [5, 5.41) is 0. The number of aromatic nitrogens is 1. The normalized spacial score (nSPS) is 14.4. The van der Waals surface area contributed by atoms with E-state index in [1.54, 1.807) is 6.07 Å². The van der Waals surface area contributed by atoms with Gasteiger partial charge in [-0.05, 0) is 17.7 Å². The smallest absolute Gasteiger partial charge is 0.307 e. The van der Waals surface area contributed by atoms with Gasteiger partial charge in [-0.25, -0.2) is 0 Å². The highest BCUT2D eigenvalue weighted by Gasteiger charge is 2.45. The van der Waals surface area contributed by atoms with Crippen molar-refractivity contribution in [1.82, 2.24) is 4.98 Å². The Kier molecular flexibility index (Phi) is 6.15. The number of rotatable bonds is 8. The summed E-state index contributed by atoms with van der Waals surface area (Å²) in [7, 11) is 1.34. The number of ether oxygens (including phenoxy) is 2. The fourth-order valence-corrected chi connectivity index (χ4v) is 2.15. The molecular weight excluding hydrogens is 302 g/mol. The number of nitrogens with zero attached hydrogens (tertiary/aromatic N) is 1. The van der Waals surface area contributed by atoms with E-state index in [2.05, 4.69) is 4.98 Å². The van der Waals surface area contributed by atoms with Crippen LogP contribution in [0.15, 0.2) is 54.7 Å². The van der Waals surface area contributed by atoms with Gasteiger partial charge in [-0.2, -0.15) is 8.78 Å². The first-order valence-corrected chi connectivity index (χ1v) is 7.25. The summed E-state index contributed by atoms with van der Waals surface area (Å²) < 4.78 is 39.4. The van der Waals surface area contributed by atoms with Crippen LogP contribution in [0.2, 0.25) is 0 Å². The molecule has 2 aromatic rings. The standard InChI is InChI=1S/C17H20F2N2O2/c1-22-14(12-23-11-13-7-3-2-4-8-13)16(20)17(18,19)15-9-5-6-10-21-15/h2-10,14,16H,11-12,20H2,1H3/t14-,16+/m1/s1. The molecule has 0 saturated carbocycles. The van der Waals surface area contributed by atoms with Gasteiger partial charge in [-0.3, -0.25) is 4.98 Å². The molecule has 4 nitrogen and oxygen atoms in total. The van der Waals surface area contributed by atoms with Gasteiger partial charge in [-0.1, -0.05) is 36.4 Å². The Morgan fingerprint density at radius 1 is 1.13 bits per heavy atom. The summed E-state index contributed by atoms with van der Waals surface area (Å²) in [4.78, 5) is 3.69. The average Bonchev–Trinajstić information content (AvgIpc) is 2.60. The first-order chi connectivity index (χ1) is 11.1. The van der Waals surface area contributed by atoms with Gasteiger partial charge in [0.1, 0.15) is 17.8 Å². The van der Waals surface area contributed by atoms with E-state index in [4.69, 9.17) is 15.2 Å². The van der Waals surface area contributed by atoms with Crippen LogP contribution in [0.25, 0.3) is 0 Å². The van der Waals surface area contributed by atoms with E-state index < -0.39 is 18.1 Å². The topological polar surface area (TPSA) is 57.4 Å². The number of nitrogens with two attached hydrogens (primary N) is 1. The maximum Gasteiger partial charge on any atom is 0.307 e. The Bertz CT molecular complexity index is 582. The summed E-state index contributed by atoms with van der Waals surface area (Å²) in [6.45, 7) is 0.275. The van der Waals surface area contributed by atoms with Crippen molar-refractivity contribution in [1.29, 1.82) is 0 Å². The number of halogens is 2. The maximum atomic E-state index is 14.4. The molecule has 2 rings (SSSR count). The Hall–Kier alpha value is -1.89. The van der Waals surface area contributed by atoms with Crippen LogP contribution in [0.4, 0.5) is 8.78 Å². The first kappa shape index (κ1) is 17.5. The van der Waals surface area contributed by atoms with Crippen LogP contribution in [-0.4, -0.2) is 30.8 Å². The second-order valence-electron chi connectivity index (χ2n) is 5.14. The third-order valence-electron chi connectivity index (χ3n) is 3.52. The molecule has 0 aliphatic carbocycles. The molecule has 1 aromatic carbocycles. The van der Waals surface area contributed by atoms with Crippen molar-refractivity contribution in [3.63, 3.8) is 0 Å². The number of methoxy groups -OCH3 is 1. The highest BCUT2D eigenvalue weighted by atomic mass is 19.3. The van der Waals surface area contributed by atoms with Crippen LogP contribution in [0, 0.1) is 0 Å². The monoisotopic (exact) mass is 322 g/mol. The molecule has 0 saturated heterocycles. The Morgan fingerprint density at radius 3 is 2.43 bits per heavy atom.